The van der Waals surface area contributed by atoms with E-state index < -0.39 is 0 Å². The van der Waals surface area contributed by atoms with E-state index in [9.17, 15) is 9.59 Å². The van der Waals surface area contributed by atoms with E-state index in [0.717, 1.165) is 14.2 Å². The molecule has 0 radical (unpaired) electrons. The van der Waals surface area contributed by atoms with Crippen molar-refractivity contribution >= 4 is 50.3 Å². The second kappa shape index (κ2) is 9.26. The number of nitrogens with zero attached hydrogens (tertiary/aromatic N) is 1. The molecule has 1 aromatic carbocycles. The highest BCUT2D eigenvalue weighted by Crippen LogP contribution is 2.19. The molecule has 0 spiro atoms. The van der Waals surface area contributed by atoms with Crippen LogP contribution in [-0.2, 0) is 17.9 Å². The normalized spacial score (nSPS) is 10.7. The predicted octanol–water partition coefficient (Wildman–Crippen LogP) is 5.76. The van der Waals surface area contributed by atoms with Gasteiger partial charge < -0.3 is 4.90 Å². The molecule has 26 heavy (non-hydrogen) atoms. The highest BCUT2D eigenvalue weighted by molar-refractivity contribution is 9.10. The zero-order valence-corrected chi connectivity index (χ0v) is 17.3. The van der Waals surface area contributed by atoms with Crippen LogP contribution in [0, 0.1) is 0 Å². The predicted molar refractivity (Wildman–Crippen MR) is 111 cm³/mol. The van der Waals surface area contributed by atoms with Crippen LogP contribution in [0.5, 0.6) is 0 Å². The van der Waals surface area contributed by atoms with E-state index in [1.807, 2.05) is 52.1 Å². The average Bonchev–Trinajstić information content (AvgIpc) is 3.33. The lowest BCUT2D eigenvalue weighted by molar-refractivity contribution is -0.132. The second-order valence-electron chi connectivity index (χ2n) is 5.84. The zero-order valence-electron chi connectivity index (χ0n) is 14.1. The van der Waals surface area contributed by atoms with Crippen molar-refractivity contribution in [3.63, 3.8) is 0 Å². The molecule has 0 N–H and O–H groups in total. The molecule has 0 saturated heterocycles. The summed E-state index contributed by atoms with van der Waals surface area (Å²) >= 11 is 6.65. The lowest BCUT2D eigenvalue weighted by atomic mass is 10.1. The molecule has 3 nitrogen and oxygen atoms in total. The van der Waals surface area contributed by atoms with Crippen LogP contribution in [0.25, 0.3) is 0 Å². The van der Waals surface area contributed by atoms with Crippen LogP contribution in [0.4, 0.5) is 0 Å². The number of rotatable bonds is 8. The van der Waals surface area contributed by atoms with Crippen LogP contribution in [0.3, 0.4) is 0 Å². The standard InChI is InChI=1S/C20H18BrNO2S2/c21-16-7-5-15(6-8-16)19(23)9-10-20(24)22(13-17-3-1-11-25-17)14-18-4-2-12-26-18/h1-8,11-12H,9-10,13-14H2. The molecule has 6 heteroatoms. The van der Waals surface area contributed by atoms with Gasteiger partial charge >= 0.3 is 0 Å². The van der Waals surface area contributed by atoms with Crippen molar-refractivity contribution in [2.24, 2.45) is 0 Å². The summed E-state index contributed by atoms with van der Waals surface area (Å²) in [5.41, 5.74) is 0.643. The first-order valence-corrected chi connectivity index (χ1v) is 10.8. The van der Waals surface area contributed by atoms with Gasteiger partial charge in [-0.3, -0.25) is 9.59 Å². The Morgan fingerprint density at radius 1 is 0.846 bits per heavy atom. The number of thiophene rings is 2. The summed E-state index contributed by atoms with van der Waals surface area (Å²) in [5.74, 6) is 0.00955. The molecular weight excluding hydrogens is 430 g/mol. The summed E-state index contributed by atoms with van der Waals surface area (Å²) in [6.07, 6.45) is 0.456. The molecule has 0 fully saturated rings. The Morgan fingerprint density at radius 2 is 1.42 bits per heavy atom. The van der Waals surface area contributed by atoms with E-state index in [2.05, 4.69) is 15.9 Å². The van der Waals surface area contributed by atoms with Gasteiger partial charge in [-0.2, -0.15) is 0 Å². The van der Waals surface area contributed by atoms with Crippen LogP contribution in [0.1, 0.15) is 33.0 Å². The Hall–Kier alpha value is -1.76. The molecular formula is C20H18BrNO2S2. The average molecular weight is 448 g/mol. The Balaban J connectivity index is 1.62. The highest BCUT2D eigenvalue weighted by Gasteiger charge is 2.17. The molecule has 0 aliphatic rings. The monoisotopic (exact) mass is 447 g/mol. The van der Waals surface area contributed by atoms with Gasteiger partial charge in [0.15, 0.2) is 5.78 Å². The third kappa shape index (κ3) is 5.37. The van der Waals surface area contributed by atoms with Crippen LogP contribution < -0.4 is 0 Å². The van der Waals surface area contributed by atoms with Crippen molar-refractivity contribution < 1.29 is 9.59 Å². The number of carbonyl (C=O) groups excluding carboxylic acids is 2. The van der Waals surface area contributed by atoms with Gasteiger partial charge in [-0.05, 0) is 35.0 Å². The summed E-state index contributed by atoms with van der Waals surface area (Å²) in [5, 5.41) is 4.03. The first-order chi connectivity index (χ1) is 12.6. The Kier molecular flexibility index (Phi) is 6.77. The van der Waals surface area contributed by atoms with Gasteiger partial charge in [-0.15, -0.1) is 22.7 Å². The Morgan fingerprint density at radius 3 is 1.92 bits per heavy atom. The van der Waals surface area contributed by atoms with Crippen LogP contribution in [-0.4, -0.2) is 16.6 Å². The van der Waals surface area contributed by atoms with Gasteiger partial charge in [0.25, 0.3) is 0 Å². The smallest absolute Gasteiger partial charge is 0.223 e. The van der Waals surface area contributed by atoms with E-state index in [1.165, 1.54) is 0 Å². The third-order valence-corrected chi connectivity index (χ3v) is 6.19. The van der Waals surface area contributed by atoms with Crippen LogP contribution in [0.2, 0.25) is 0 Å². The molecule has 0 bridgehead atoms. The second-order valence-corrected chi connectivity index (χ2v) is 8.82. The molecule has 134 valence electrons. The summed E-state index contributed by atoms with van der Waals surface area (Å²) in [4.78, 5) is 29.2. The number of halogens is 1. The molecule has 0 saturated carbocycles. The Bertz CT molecular complexity index is 806. The van der Waals surface area contributed by atoms with Crippen molar-refractivity contribution in [3.8, 4) is 0 Å². The minimum atomic E-state index is -0.00181. The van der Waals surface area contributed by atoms with Gasteiger partial charge in [0, 0.05) is 32.6 Å². The minimum Gasteiger partial charge on any atom is -0.332 e. The fraction of sp³-hybridized carbons (Fsp3) is 0.200. The van der Waals surface area contributed by atoms with Crippen LogP contribution in [0.15, 0.2) is 63.8 Å². The van der Waals surface area contributed by atoms with E-state index >= 15 is 0 Å². The van der Waals surface area contributed by atoms with Gasteiger partial charge in [-0.1, -0.05) is 40.2 Å². The van der Waals surface area contributed by atoms with Crippen molar-refractivity contribution in [1.29, 1.82) is 0 Å². The van der Waals surface area contributed by atoms with Gasteiger partial charge in [0.1, 0.15) is 0 Å². The number of amides is 1. The number of hydrogen-bond acceptors (Lipinski definition) is 4. The number of Topliss-reactive ketones (excluding diaryl/α,β-unsaturated/α-hetero) is 1. The SMILES string of the molecule is O=C(CCC(=O)N(Cc1cccs1)Cc1cccs1)c1ccc(Br)cc1. The first-order valence-electron chi connectivity index (χ1n) is 8.23. The third-order valence-electron chi connectivity index (χ3n) is 3.94. The number of ketones is 1. The van der Waals surface area contributed by atoms with Crippen LogP contribution >= 0.6 is 38.6 Å². The van der Waals surface area contributed by atoms with Crippen molar-refractivity contribution in [1.82, 2.24) is 4.90 Å². The van der Waals surface area contributed by atoms with Crippen molar-refractivity contribution in [3.05, 3.63) is 79.1 Å². The van der Waals surface area contributed by atoms with E-state index in [1.54, 1.807) is 34.8 Å². The molecule has 0 aliphatic carbocycles. The molecule has 1 amide bonds. The fourth-order valence-corrected chi connectivity index (χ4v) is 4.28. The largest absolute Gasteiger partial charge is 0.332 e. The molecule has 3 aromatic rings. The summed E-state index contributed by atoms with van der Waals surface area (Å²) < 4.78 is 0.934. The van der Waals surface area contributed by atoms with E-state index in [4.69, 9.17) is 0 Å². The maximum absolute atomic E-state index is 12.8. The highest BCUT2D eigenvalue weighted by atomic mass is 79.9. The summed E-state index contributed by atoms with van der Waals surface area (Å²) in [7, 11) is 0. The van der Waals surface area contributed by atoms with Crippen molar-refractivity contribution in [2.75, 3.05) is 0 Å². The number of hydrogen-bond donors (Lipinski definition) is 0. The van der Waals surface area contributed by atoms with Crippen molar-refractivity contribution in [2.45, 2.75) is 25.9 Å². The lowest BCUT2D eigenvalue weighted by Crippen LogP contribution is -2.29. The lowest BCUT2D eigenvalue weighted by Gasteiger charge is -2.21. The molecule has 2 heterocycles. The fourth-order valence-electron chi connectivity index (χ4n) is 2.57. The maximum Gasteiger partial charge on any atom is 0.223 e. The first kappa shape index (κ1) is 19.0. The summed E-state index contributed by atoms with van der Waals surface area (Å²) in [6.45, 7) is 1.17. The Labute approximate surface area is 169 Å². The molecule has 0 unspecified atom stereocenters. The maximum atomic E-state index is 12.8. The minimum absolute atomic E-state index is 0.00181. The quantitative estimate of drug-likeness (QED) is 0.411. The van der Waals surface area contributed by atoms with E-state index in [-0.39, 0.29) is 24.5 Å². The zero-order chi connectivity index (χ0) is 18.4. The molecule has 0 atom stereocenters. The van der Waals surface area contributed by atoms with E-state index in [0.29, 0.717) is 18.7 Å². The van der Waals surface area contributed by atoms with Gasteiger partial charge in [0.2, 0.25) is 5.91 Å². The molecule has 3 rings (SSSR count). The molecule has 0 aliphatic heterocycles. The summed E-state index contributed by atoms with van der Waals surface area (Å²) in [6, 6.07) is 15.3. The van der Waals surface area contributed by atoms with Gasteiger partial charge in [-0.25, -0.2) is 0 Å². The molecule has 2 aromatic heterocycles. The topological polar surface area (TPSA) is 37.4 Å². The van der Waals surface area contributed by atoms with Gasteiger partial charge in [0.05, 0.1) is 13.1 Å². The number of carbonyl (C=O) groups is 2. The number of benzene rings is 1.